The molecule has 1 aromatic heterocycles. The number of pyridine rings is 1. The number of amides is 2. The number of alkyl halides is 2. The van der Waals surface area contributed by atoms with E-state index in [0.29, 0.717) is 36.0 Å². The van der Waals surface area contributed by atoms with Crippen molar-refractivity contribution >= 4 is 29.1 Å². The number of aromatic nitrogens is 1. The summed E-state index contributed by atoms with van der Waals surface area (Å²) in [6, 6.07) is 7.34. The summed E-state index contributed by atoms with van der Waals surface area (Å²) in [5.41, 5.74) is 6.73. The molecule has 2 amide bonds. The van der Waals surface area contributed by atoms with Crippen LogP contribution in [0, 0.1) is 0 Å². The van der Waals surface area contributed by atoms with E-state index < -0.39 is 23.7 Å². The van der Waals surface area contributed by atoms with Crippen molar-refractivity contribution in [3.8, 4) is 5.75 Å². The van der Waals surface area contributed by atoms with Gasteiger partial charge in [-0.1, -0.05) is 19.4 Å². The second kappa shape index (κ2) is 11.6. The van der Waals surface area contributed by atoms with Gasteiger partial charge in [0.25, 0.3) is 0 Å². The molecule has 190 valence electrons. The van der Waals surface area contributed by atoms with Crippen LogP contribution in [-0.4, -0.2) is 35.2 Å². The molecular weight excluding hydrogens is 458 g/mol. The van der Waals surface area contributed by atoms with E-state index in [1.807, 2.05) is 13.0 Å². The Kier molecular flexibility index (Phi) is 9.16. The molecular formula is C25H32F2N4O4. The van der Waals surface area contributed by atoms with Crippen molar-refractivity contribution in [1.82, 2.24) is 10.3 Å². The lowest BCUT2D eigenvalue weighted by molar-refractivity contribution is -0.158. The number of hydrogen-bond acceptors (Lipinski definition) is 6. The normalized spacial score (nSPS) is 12.1. The largest absolute Gasteiger partial charge is 0.444 e. The first-order valence-corrected chi connectivity index (χ1v) is 11.2. The Balaban J connectivity index is 2.40. The first-order valence-electron chi connectivity index (χ1n) is 11.2. The molecule has 0 aliphatic heterocycles. The van der Waals surface area contributed by atoms with Crippen LogP contribution in [0.15, 0.2) is 42.6 Å². The van der Waals surface area contributed by atoms with E-state index in [-0.39, 0.29) is 17.9 Å². The Hall–Kier alpha value is -3.69. The number of benzene rings is 1. The van der Waals surface area contributed by atoms with Crippen LogP contribution < -0.4 is 21.1 Å². The second-order valence-corrected chi connectivity index (χ2v) is 8.88. The average Bonchev–Trinajstić information content (AvgIpc) is 2.73. The Morgan fingerprint density at radius 3 is 2.31 bits per heavy atom. The van der Waals surface area contributed by atoms with Gasteiger partial charge in [0.05, 0.1) is 5.56 Å². The zero-order valence-electron chi connectivity index (χ0n) is 20.6. The van der Waals surface area contributed by atoms with E-state index in [1.165, 1.54) is 36.5 Å². The van der Waals surface area contributed by atoms with Gasteiger partial charge in [0.2, 0.25) is 5.91 Å². The quantitative estimate of drug-likeness (QED) is 0.398. The minimum absolute atomic E-state index is 0.00721. The van der Waals surface area contributed by atoms with Crippen LogP contribution in [0.1, 0.15) is 63.4 Å². The molecule has 0 saturated heterocycles. The number of primary amides is 1. The van der Waals surface area contributed by atoms with Gasteiger partial charge >= 0.3 is 12.2 Å². The number of anilines is 2. The summed E-state index contributed by atoms with van der Waals surface area (Å²) < 4.78 is 36.1. The number of rotatable bonds is 10. The molecule has 0 aliphatic rings. The number of halogens is 2. The fourth-order valence-corrected chi connectivity index (χ4v) is 3.10. The molecule has 0 fully saturated rings. The molecule has 8 nitrogen and oxygen atoms in total. The smallest absolute Gasteiger partial charge is 0.407 e. The van der Waals surface area contributed by atoms with Crippen molar-refractivity contribution < 1.29 is 27.8 Å². The summed E-state index contributed by atoms with van der Waals surface area (Å²) in [5, 5.41) is 5.80. The third kappa shape index (κ3) is 9.23. The van der Waals surface area contributed by atoms with Crippen molar-refractivity contribution in [2.45, 2.75) is 59.2 Å². The minimum Gasteiger partial charge on any atom is -0.444 e. The summed E-state index contributed by atoms with van der Waals surface area (Å²) in [5.74, 6) is -0.365. The van der Waals surface area contributed by atoms with E-state index in [0.717, 1.165) is 6.42 Å². The Bertz CT molecular complexity index is 1060. The van der Waals surface area contributed by atoms with Gasteiger partial charge in [-0.25, -0.2) is 9.78 Å². The lowest BCUT2D eigenvalue weighted by Crippen LogP contribution is -2.33. The minimum atomic E-state index is -3.31. The van der Waals surface area contributed by atoms with Crippen LogP contribution in [0.3, 0.4) is 0 Å². The number of hydrogen-bond donors (Lipinski definition) is 3. The van der Waals surface area contributed by atoms with E-state index in [4.69, 9.17) is 10.5 Å². The first kappa shape index (κ1) is 27.6. The molecule has 0 radical (unpaired) electrons. The summed E-state index contributed by atoms with van der Waals surface area (Å²) in [6.07, 6.45) is 0.914. The van der Waals surface area contributed by atoms with Crippen molar-refractivity contribution in [3.05, 3.63) is 53.7 Å². The number of carbonyl (C=O) groups is 2. The predicted molar refractivity (Wildman–Crippen MR) is 131 cm³/mol. The lowest BCUT2D eigenvalue weighted by Gasteiger charge is -2.21. The molecule has 0 spiro atoms. The Morgan fingerprint density at radius 1 is 1.11 bits per heavy atom. The van der Waals surface area contributed by atoms with E-state index >= 15 is 0 Å². The molecule has 2 aromatic rings. The molecule has 4 N–H and O–H groups in total. The highest BCUT2D eigenvalue weighted by atomic mass is 19.3. The maximum atomic E-state index is 13.1. The monoisotopic (exact) mass is 490 g/mol. The molecule has 0 aliphatic carbocycles. The Labute approximate surface area is 203 Å². The van der Waals surface area contributed by atoms with Crippen molar-refractivity contribution in [2.24, 2.45) is 5.73 Å². The van der Waals surface area contributed by atoms with E-state index in [1.54, 1.807) is 20.8 Å². The fourth-order valence-electron chi connectivity index (χ4n) is 3.10. The van der Waals surface area contributed by atoms with Crippen LogP contribution >= 0.6 is 0 Å². The maximum absolute atomic E-state index is 13.1. The van der Waals surface area contributed by atoms with Crippen LogP contribution in [0.5, 0.6) is 5.75 Å². The number of nitrogens with zero attached hydrogens (tertiary/aromatic N) is 1. The number of carbonyl (C=O) groups excluding carboxylic acids is 2. The number of nitrogens with one attached hydrogen (secondary N) is 2. The second-order valence-electron chi connectivity index (χ2n) is 8.88. The highest BCUT2D eigenvalue weighted by Gasteiger charge is 2.23. The van der Waals surface area contributed by atoms with Crippen LogP contribution in [0.25, 0.3) is 5.57 Å². The zero-order valence-corrected chi connectivity index (χ0v) is 20.6. The lowest BCUT2D eigenvalue weighted by atomic mass is 9.98. The van der Waals surface area contributed by atoms with Crippen molar-refractivity contribution in [2.75, 3.05) is 11.9 Å². The molecule has 0 unspecified atom stereocenters. The average molecular weight is 491 g/mol. The number of unbranched alkanes of at least 4 members (excludes halogenated alkanes) is 1. The third-order valence-corrected chi connectivity index (χ3v) is 4.45. The topological polar surface area (TPSA) is 116 Å². The third-order valence-electron chi connectivity index (χ3n) is 4.45. The molecule has 0 atom stereocenters. The van der Waals surface area contributed by atoms with Crippen LogP contribution in [0.4, 0.5) is 25.1 Å². The van der Waals surface area contributed by atoms with Gasteiger partial charge in [0.1, 0.15) is 17.2 Å². The zero-order chi connectivity index (χ0) is 26.2. The summed E-state index contributed by atoms with van der Waals surface area (Å²) in [6.45, 7) is 7.98. The first-order chi connectivity index (χ1) is 16.3. The van der Waals surface area contributed by atoms with Crippen LogP contribution in [-0.2, 0) is 4.74 Å². The molecule has 10 heteroatoms. The number of nitrogens with two attached hydrogens (primary N) is 1. The number of alkyl carbamates (subject to hydrolysis) is 1. The molecule has 1 heterocycles. The highest BCUT2D eigenvalue weighted by molar-refractivity contribution is 6.01. The molecule has 1 aromatic carbocycles. The highest BCUT2D eigenvalue weighted by Crippen LogP contribution is 2.30. The van der Waals surface area contributed by atoms with Gasteiger partial charge in [-0.05, 0) is 63.1 Å². The molecule has 35 heavy (non-hydrogen) atoms. The number of ether oxygens (including phenoxy) is 2. The van der Waals surface area contributed by atoms with Gasteiger partial charge in [-0.3, -0.25) is 4.79 Å². The molecule has 2 rings (SSSR count). The Morgan fingerprint density at radius 2 is 1.77 bits per heavy atom. The van der Waals surface area contributed by atoms with Gasteiger partial charge in [0, 0.05) is 30.9 Å². The molecule has 0 saturated carbocycles. The number of allylic oxidation sites excluding steroid dienone is 1. The van der Waals surface area contributed by atoms with Crippen LogP contribution in [0.2, 0.25) is 0 Å². The molecule has 0 bridgehead atoms. The summed E-state index contributed by atoms with van der Waals surface area (Å²) >= 11 is 0. The van der Waals surface area contributed by atoms with Crippen molar-refractivity contribution in [1.29, 1.82) is 0 Å². The van der Waals surface area contributed by atoms with E-state index in [2.05, 4.69) is 20.4 Å². The van der Waals surface area contributed by atoms with Gasteiger partial charge in [0.15, 0.2) is 0 Å². The summed E-state index contributed by atoms with van der Waals surface area (Å²) in [7, 11) is 0. The van der Waals surface area contributed by atoms with Gasteiger partial charge in [-0.15, -0.1) is 0 Å². The fraction of sp³-hybridized carbons (Fsp3) is 0.400. The van der Waals surface area contributed by atoms with Crippen molar-refractivity contribution in [3.63, 3.8) is 0 Å². The SMILES string of the molecule is CCC/C=C(/CNC(=O)OC(C)(C)C)c1c(C(N)=O)ccnc1Nc1ccc(OC(C)(F)F)cc1. The van der Waals surface area contributed by atoms with Gasteiger partial charge < -0.3 is 25.8 Å². The maximum Gasteiger partial charge on any atom is 0.407 e. The summed E-state index contributed by atoms with van der Waals surface area (Å²) in [4.78, 5) is 28.9. The standard InChI is InChI=1S/C25H32F2N4O4/c1-6-7-8-16(15-30-23(33)35-24(2,3)4)20-19(21(28)32)13-14-29-22(20)31-17-9-11-18(12-10-17)34-25(5,26)27/h8-14H,6-7,15H2,1-5H3,(H2,28,32)(H,29,31)(H,30,33)/b16-8-. The predicted octanol–water partition coefficient (Wildman–Crippen LogP) is 5.62. The van der Waals surface area contributed by atoms with Gasteiger partial charge in [-0.2, -0.15) is 8.78 Å². The van der Waals surface area contributed by atoms with E-state index in [9.17, 15) is 18.4 Å².